The molecule has 0 radical (unpaired) electrons. The van der Waals surface area contributed by atoms with Crippen LogP contribution in [-0.4, -0.2) is 11.5 Å². The minimum Gasteiger partial charge on any atom is -0.271 e. The van der Waals surface area contributed by atoms with Crippen LogP contribution in [0.4, 0.5) is 8.78 Å². The minimum atomic E-state index is -0.839. The van der Waals surface area contributed by atoms with Crippen molar-refractivity contribution in [2.45, 2.75) is 13.0 Å². The van der Waals surface area contributed by atoms with E-state index in [0.717, 1.165) is 11.8 Å². The molecule has 5 heteroatoms. The fourth-order valence-corrected chi connectivity index (χ4v) is 2.00. The van der Waals surface area contributed by atoms with Crippen LogP contribution >= 0.6 is 11.8 Å². The van der Waals surface area contributed by atoms with E-state index in [-0.39, 0.29) is 11.6 Å². The van der Waals surface area contributed by atoms with Gasteiger partial charge in [0.05, 0.1) is 6.04 Å². The molecule has 0 saturated carbocycles. The Labute approximate surface area is 92.2 Å². The largest absolute Gasteiger partial charge is 0.271 e. The molecule has 1 aromatic rings. The highest BCUT2D eigenvalue weighted by Gasteiger charge is 2.16. The molecule has 0 bridgehead atoms. The molecule has 0 saturated heterocycles. The second kappa shape index (κ2) is 6.05. The molecule has 15 heavy (non-hydrogen) atoms. The molecule has 84 valence electrons. The fraction of sp³-hybridized carbons (Fsp3) is 0.400. The third-order valence-electron chi connectivity index (χ3n) is 2.05. The van der Waals surface area contributed by atoms with Crippen molar-refractivity contribution in [1.82, 2.24) is 5.43 Å². The number of nitrogens with one attached hydrogen (secondary N) is 1. The van der Waals surface area contributed by atoms with Crippen LogP contribution < -0.4 is 11.3 Å². The summed E-state index contributed by atoms with van der Waals surface area (Å²) in [4.78, 5) is 0. The number of halogens is 2. The van der Waals surface area contributed by atoms with Crippen molar-refractivity contribution in [3.63, 3.8) is 0 Å². The van der Waals surface area contributed by atoms with Crippen LogP contribution in [0.2, 0.25) is 0 Å². The summed E-state index contributed by atoms with van der Waals surface area (Å²) in [6, 6.07) is 3.76. The zero-order valence-electron chi connectivity index (χ0n) is 8.47. The van der Waals surface area contributed by atoms with Gasteiger partial charge in [-0.05, 0) is 11.8 Å². The number of benzene rings is 1. The van der Waals surface area contributed by atoms with Crippen molar-refractivity contribution in [1.29, 1.82) is 0 Å². The van der Waals surface area contributed by atoms with Gasteiger partial charge >= 0.3 is 0 Å². The molecule has 0 aliphatic carbocycles. The summed E-state index contributed by atoms with van der Waals surface area (Å²) in [6.07, 6.45) is 0. The molecule has 0 spiro atoms. The number of thioether (sulfide) groups is 1. The lowest BCUT2D eigenvalue weighted by Crippen LogP contribution is -2.30. The number of hydrogen-bond acceptors (Lipinski definition) is 3. The predicted molar refractivity (Wildman–Crippen MR) is 59.4 cm³/mol. The number of hydrazine groups is 1. The average Bonchev–Trinajstić information content (AvgIpc) is 2.25. The van der Waals surface area contributed by atoms with E-state index >= 15 is 0 Å². The maximum Gasteiger partial charge on any atom is 0.163 e. The maximum absolute atomic E-state index is 13.4. The Morgan fingerprint density at radius 1 is 1.47 bits per heavy atom. The summed E-state index contributed by atoms with van der Waals surface area (Å²) in [6.45, 7) is 2.00. The van der Waals surface area contributed by atoms with Gasteiger partial charge in [0.15, 0.2) is 11.6 Å². The summed E-state index contributed by atoms with van der Waals surface area (Å²) >= 11 is 1.62. The lowest BCUT2D eigenvalue weighted by Gasteiger charge is -2.16. The predicted octanol–water partition coefficient (Wildman–Crippen LogP) is 2.22. The van der Waals surface area contributed by atoms with Gasteiger partial charge in [0, 0.05) is 11.3 Å². The first-order valence-corrected chi connectivity index (χ1v) is 5.84. The molecule has 1 atom stereocenters. The highest BCUT2D eigenvalue weighted by Crippen LogP contribution is 2.21. The van der Waals surface area contributed by atoms with E-state index in [2.05, 4.69) is 5.43 Å². The minimum absolute atomic E-state index is 0.276. The van der Waals surface area contributed by atoms with Crippen molar-refractivity contribution < 1.29 is 8.78 Å². The highest BCUT2D eigenvalue weighted by molar-refractivity contribution is 7.99. The van der Waals surface area contributed by atoms with Gasteiger partial charge in [-0.1, -0.05) is 19.1 Å². The summed E-state index contributed by atoms with van der Waals surface area (Å²) in [5.41, 5.74) is 2.77. The van der Waals surface area contributed by atoms with Crippen molar-refractivity contribution >= 4 is 11.8 Å². The normalized spacial score (nSPS) is 12.8. The van der Waals surface area contributed by atoms with Gasteiger partial charge < -0.3 is 0 Å². The molecule has 2 nitrogen and oxygen atoms in total. The number of hydrogen-bond donors (Lipinski definition) is 2. The molecule has 0 amide bonds. The maximum atomic E-state index is 13.4. The van der Waals surface area contributed by atoms with E-state index < -0.39 is 11.6 Å². The number of rotatable bonds is 5. The quantitative estimate of drug-likeness (QED) is 0.604. The van der Waals surface area contributed by atoms with Crippen LogP contribution in [0.3, 0.4) is 0 Å². The lowest BCUT2D eigenvalue weighted by molar-refractivity contribution is 0.478. The van der Waals surface area contributed by atoms with E-state index in [0.29, 0.717) is 5.75 Å². The smallest absolute Gasteiger partial charge is 0.163 e. The van der Waals surface area contributed by atoms with Crippen LogP contribution in [0.25, 0.3) is 0 Å². The summed E-state index contributed by atoms with van der Waals surface area (Å²) < 4.78 is 26.3. The summed E-state index contributed by atoms with van der Waals surface area (Å²) in [7, 11) is 0. The van der Waals surface area contributed by atoms with E-state index in [9.17, 15) is 8.78 Å². The van der Waals surface area contributed by atoms with Crippen molar-refractivity contribution in [2.24, 2.45) is 5.84 Å². The van der Waals surface area contributed by atoms with Gasteiger partial charge in [-0.25, -0.2) is 8.78 Å². The van der Waals surface area contributed by atoms with Crippen molar-refractivity contribution in [2.75, 3.05) is 11.5 Å². The SMILES string of the molecule is CCSCC(NN)c1cccc(F)c1F. The molecular weight excluding hydrogens is 218 g/mol. The van der Waals surface area contributed by atoms with Gasteiger partial charge in [0.25, 0.3) is 0 Å². The standard InChI is InChI=1S/C10H14F2N2S/c1-2-15-6-9(14-13)7-4-3-5-8(11)10(7)12/h3-5,9,14H,2,6,13H2,1H3. The van der Waals surface area contributed by atoms with Crippen LogP contribution in [0.15, 0.2) is 18.2 Å². The van der Waals surface area contributed by atoms with Gasteiger partial charge in [-0.3, -0.25) is 11.3 Å². The molecule has 0 aromatic heterocycles. The van der Waals surface area contributed by atoms with Crippen LogP contribution in [0, 0.1) is 11.6 Å². The van der Waals surface area contributed by atoms with Gasteiger partial charge in [0.1, 0.15) is 0 Å². The molecule has 1 aromatic carbocycles. The lowest BCUT2D eigenvalue weighted by atomic mass is 10.1. The third kappa shape index (κ3) is 3.15. The average molecular weight is 232 g/mol. The molecule has 0 heterocycles. The topological polar surface area (TPSA) is 38.0 Å². The van der Waals surface area contributed by atoms with Crippen molar-refractivity contribution in [3.05, 3.63) is 35.4 Å². The second-order valence-corrected chi connectivity index (χ2v) is 4.34. The first-order chi connectivity index (χ1) is 7.20. The first-order valence-electron chi connectivity index (χ1n) is 4.68. The Bertz CT molecular complexity index is 320. The van der Waals surface area contributed by atoms with Gasteiger partial charge in [0.2, 0.25) is 0 Å². The first kappa shape index (κ1) is 12.4. The van der Waals surface area contributed by atoms with Gasteiger partial charge in [-0.15, -0.1) is 0 Å². The zero-order chi connectivity index (χ0) is 11.3. The van der Waals surface area contributed by atoms with Gasteiger partial charge in [-0.2, -0.15) is 11.8 Å². The summed E-state index contributed by atoms with van der Waals surface area (Å²) in [5, 5.41) is 0. The zero-order valence-corrected chi connectivity index (χ0v) is 9.28. The Balaban J connectivity index is 2.86. The van der Waals surface area contributed by atoms with Crippen LogP contribution in [-0.2, 0) is 0 Å². The van der Waals surface area contributed by atoms with Crippen molar-refractivity contribution in [3.8, 4) is 0 Å². The Morgan fingerprint density at radius 3 is 2.80 bits per heavy atom. The highest BCUT2D eigenvalue weighted by atomic mass is 32.2. The summed E-state index contributed by atoms with van der Waals surface area (Å²) in [5.74, 6) is 5.18. The van der Waals surface area contributed by atoms with E-state index in [1.165, 1.54) is 6.07 Å². The molecule has 1 rings (SSSR count). The molecule has 0 aliphatic rings. The molecule has 1 unspecified atom stereocenters. The molecule has 0 aliphatic heterocycles. The fourth-order valence-electron chi connectivity index (χ4n) is 1.25. The number of nitrogens with two attached hydrogens (primary N) is 1. The monoisotopic (exact) mass is 232 g/mol. The van der Waals surface area contributed by atoms with Crippen LogP contribution in [0.1, 0.15) is 18.5 Å². The van der Waals surface area contributed by atoms with E-state index in [1.807, 2.05) is 6.92 Å². The Hall–Kier alpha value is -0.650. The Kier molecular flexibility index (Phi) is 5.01. The second-order valence-electron chi connectivity index (χ2n) is 3.02. The molecule has 0 fully saturated rings. The van der Waals surface area contributed by atoms with E-state index in [4.69, 9.17) is 5.84 Å². The Morgan fingerprint density at radius 2 is 2.20 bits per heavy atom. The molecule has 3 N–H and O–H groups in total. The van der Waals surface area contributed by atoms with E-state index in [1.54, 1.807) is 17.8 Å². The van der Waals surface area contributed by atoms with Crippen LogP contribution in [0.5, 0.6) is 0 Å². The third-order valence-corrected chi connectivity index (χ3v) is 3.02. The molecular formula is C10H14F2N2S.